The van der Waals surface area contributed by atoms with E-state index < -0.39 is 10.7 Å². The fourth-order valence-corrected chi connectivity index (χ4v) is 1.44. The molecule has 94 valence electrons. The van der Waals surface area contributed by atoms with Crippen molar-refractivity contribution in [1.82, 2.24) is 0 Å². The van der Waals surface area contributed by atoms with Crippen molar-refractivity contribution in [2.24, 2.45) is 0 Å². The van der Waals surface area contributed by atoms with E-state index in [2.05, 4.69) is 0 Å². The summed E-state index contributed by atoms with van der Waals surface area (Å²) in [4.78, 5) is 11.9. The van der Waals surface area contributed by atoms with Crippen LogP contribution >= 0.6 is 0 Å². The third kappa shape index (κ3) is 2.93. The van der Waals surface area contributed by atoms with Crippen LogP contribution in [-0.2, 0) is 0 Å². The Hall–Kier alpha value is -1.65. The molecule has 0 bridgehead atoms. The zero-order valence-corrected chi connectivity index (χ0v) is 10.5. The molecular weight excluding hydrogens is 223 g/mol. The van der Waals surface area contributed by atoms with Gasteiger partial charge in [-0.25, -0.2) is 4.39 Å². The van der Waals surface area contributed by atoms with Crippen molar-refractivity contribution in [1.29, 1.82) is 0 Å². The van der Waals surface area contributed by atoms with Gasteiger partial charge < -0.3 is 4.90 Å². The second kappa shape index (κ2) is 4.69. The lowest BCUT2D eigenvalue weighted by atomic mass is 9.99. The first-order chi connectivity index (χ1) is 7.77. The normalized spacial score (nSPS) is 11.4. The average molecular weight is 240 g/mol. The Morgan fingerprint density at radius 3 is 2.47 bits per heavy atom. The highest BCUT2D eigenvalue weighted by Gasteiger charge is 2.23. The van der Waals surface area contributed by atoms with Gasteiger partial charge in [-0.05, 0) is 26.3 Å². The van der Waals surface area contributed by atoms with Crippen LogP contribution in [0.1, 0.15) is 27.2 Å². The molecule has 0 aliphatic rings. The van der Waals surface area contributed by atoms with E-state index in [-0.39, 0.29) is 11.2 Å². The Labute approximate surface area is 100 Å². The number of rotatable bonds is 4. The molecule has 0 radical (unpaired) electrons. The lowest BCUT2D eigenvalue weighted by Crippen LogP contribution is -2.40. The minimum Gasteiger partial charge on any atom is -0.369 e. The maximum atomic E-state index is 13.3. The molecular formula is C12H17FN2O2. The van der Waals surface area contributed by atoms with Crippen LogP contribution < -0.4 is 4.90 Å². The van der Waals surface area contributed by atoms with Gasteiger partial charge in [-0.3, -0.25) is 10.1 Å². The van der Waals surface area contributed by atoms with Crippen LogP contribution in [0.25, 0.3) is 0 Å². The predicted molar refractivity (Wildman–Crippen MR) is 65.8 cm³/mol. The third-order valence-electron chi connectivity index (χ3n) is 3.24. The minimum absolute atomic E-state index is 0.179. The summed E-state index contributed by atoms with van der Waals surface area (Å²) in [5, 5.41) is 10.7. The monoisotopic (exact) mass is 240 g/mol. The van der Waals surface area contributed by atoms with Crippen LogP contribution in [0.5, 0.6) is 0 Å². The second-order valence-electron chi connectivity index (χ2n) is 4.65. The highest BCUT2D eigenvalue weighted by Crippen LogP contribution is 2.28. The number of nitro groups is 1. The topological polar surface area (TPSA) is 46.4 Å². The summed E-state index contributed by atoms with van der Waals surface area (Å²) in [6, 6.07) is 3.63. The lowest BCUT2D eigenvalue weighted by Gasteiger charge is -2.36. The van der Waals surface area contributed by atoms with Crippen LogP contribution in [0, 0.1) is 15.9 Å². The summed E-state index contributed by atoms with van der Waals surface area (Å²) in [6.07, 6.45) is 0.855. The molecule has 0 saturated carbocycles. The van der Waals surface area contributed by atoms with Crippen molar-refractivity contribution in [2.75, 3.05) is 11.9 Å². The van der Waals surface area contributed by atoms with Crippen LogP contribution in [0.3, 0.4) is 0 Å². The van der Waals surface area contributed by atoms with E-state index in [1.807, 2.05) is 32.7 Å². The van der Waals surface area contributed by atoms with Gasteiger partial charge in [-0.2, -0.15) is 0 Å². The van der Waals surface area contributed by atoms with Crippen molar-refractivity contribution < 1.29 is 9.31 Å². The molecule has 1 aromatic rings. The van der Waals surface area contributed by atoms with E-state index in [9.17, 15) is 14.5 Å². The van der Waals surface area contributed by atoms with E-state index >= 15 is 0 Å². The van der Waals surface area contributed by atoms with Gasteiger partial charge in [0.1, 0.15) is 5.82 Å². The van der Waals surface area contributed by atoms with Gasteiger partial charge in [0.05, 0.1) is 11.0 Å². The first-order valence-electron chi connectivity index (χ1n) is 5.46. The molecule has 0 unspecified atom stereocenters. The van der Waals surface area contributed by atoms with Gasteiger partial charge in [0, 0.05) is 24.3 Å². The highest BCUT2D eigenvalue weighted by molar-refractivity contribution is 5.54. The van der Waals surface area contributed by atoms with Crippen LogP contribution in [0.4, 0.5) is 15.8 Å². The average Bonchev–Trinajstić information content (AvgIpc) is 2.27. The van der Waals surface area contributed by atoms with Gasteiger partial charge in [0.25, 0.3) is 5.69 Å². The van der Waals surface area contributed by atoms with Crippen molar-refractivity contribution in [3.8, 4) is 0 Å². The molecule has 0 saturated heterocycles. The standard InChI is InChI=1S/C12H17FN2O2/c1-5-12(2,3)14(4)10-6-9(13)7-11(8-10)15(16)17/h6-8H,5H2,1-4H3. The molecule has 4 nitrogen and oxygen atoms in total. The molecule has 0 spiro atoms. The summed E-state index contributed by atoms with van der Waals surface area (Å²) in [7, 11) is 1.81. The van der Waals surface area contributed by atoms with Crippen LogP contribution in [0.15, 0.2) is 18.2 Å². The smallest absolute Gasteiger partial charge is 0.274 e. The Balaban J connectivity index is 3.18. The van der Waals surface area contributed by atoms with Gasteiger partial charge in [-0.1, -0.05) is 6.92 Å². The van der Waals surface area contributed by atoms with Crippen molar-refractivity contribution in [2.45, 2.75) is 32.7 Å². The third-order valence-corrected chi connectivity index (χ3v) is 3.24. The van der Waals surface area contributed by atoms with Gasteiger partial charge >= 0.3 is 0 Å². The molecule has 0 aliphatic heterocycles. The van der Waals surface area contributed by atoms with E-state index in [0.717, 1.165) is 12.5 Å². The summed E-state index contributed by atoms with van der Waals surface area (Å²) < 4.78 is 13.3. The Bertz CT molecular complexity index is 433. The summed E-state index contributed by atoms with van der Waals surface area (Å²) in [5.74, 6) is -0.590. The molecule has 0 atom stereocenters. The molecule has 0 heterocycles. The SMILES string of the molecule is CCC(C)(C)N(C)c1cc(F)cc([N+](=O)[O-])c1. The summed E-state index contributed by atoms with van der Waals surface area (Å²) in [6.45, 7) is 6.03. The van der Waals surface area contributed by atoms with E-state index in [1.54, 1.807) is 0 Å². The number of nitro benzene ring substituents is 1. The van der Waals surface area contributed by atoms with Gasteiger partial charge in [0.15, 0.2) is 0 Å². The van der Waals surface area contributed by atoms with E-state index in [1.165, 1.54) is 12.1 Å². The minimum atomic E-state index is -0.590. The van der Waals surface area contributed by atoms with Crippen molar-refractivity contribution >= 4 is 11.4 Å². The number of halogens is 1. The first-order valence-corrected chi connectivity index (χ1v) is 5.46. The van der Waals surface area contributed by atoms with Crippen molar-refractivity contribution in [3.05, 3.63) is 34.1 Å². The second-order valence-corrected chi connectivity index (χ2v) is 4.65. The summed E-state index contributed by atoms with van der Waals surface area (Å²) >= 11 is 0. The summed E-state index contributed by atoms with van der Waals surface area (Å²) in [5.41, 5.74) is 0.115. The number of hydrogen-bond donors (Lipinski definition) is 0. The zero-order chi connectivity index (χ0) is 13.2. The predicted octanol–water partition coefficient (Wildman–Crippen LogP) is 3.36. The Morgan fingerprint density at radius 1 is 1.41 bits per heavy atom. The highest BCUT2D eigenvalue weighted by atomic mass is 19.1. The quantitative estimate of drug-likeness (QED) is 0.598. The lowest BCUT2D eigenvalue weighted by molar-refractivity contribution is -0.385. The number of benzene rings is 1. The van der Waals surface area contributed by atoms with E-state index in [4.69, 9.17) is 0 Å². The van der Waals surface area contributed by atoms with E-state index in [0.29, 0.717) is 5.69 Å². The maximum Gasteiger partial charge on any atom is 0.274 e. The Kier molecular flexibility index (Phi) is 3.70. The largest absolute Gasteiger partial charge is 0.369 e. The van der Waals surface area contributed by atoms with Crippen LogP contribution in [-0.4, -0.2) is 17.5 Å². The molecule has 0 aromatic heterocycles. The molecule has 0 fully saturated rings. The van der Waals surface area contributed by atoms with Gasteiger partial charge in [-0.15, -0.1) is 0 Å². The Morgan fingerprint density at radius 2 is 2.00 bits per heavy atom. The van der Waals surface area contributed by atoms with Crippen molar-refractivity contribution in [3.63, 3.8) is 0 Å². The first kappa shape index (κ1) is 13.4. The molecule has 0 N–H and O–H groups in total. The fraction of sp³-hybridized carbons (Fsp3) is 0.500. The molecule has 0 aliphatic carbocycles. The maximum absolute atomic E-state index is 13.3. The molecule has 17 heavy (non-hydrogen) atoms. The molecule has 0 amide bonds. The molecule has 5 heteroatoms. The number of hydrogen-bond acceptors (Lipinski definition) is 3. The number of non-ortho nitro benzene ring substituents is 1. The zero-order valence-electron chi connectivity index (χ0n) is 10.5. The number of nitrogens with zero attached hydrogens (tertiary/aromatic N) is 2. The van der Waals surface area contributed by atoms with Crippen LogP contribution in [0.2, 0.25) is 0 Å². The number of anilines is 1. The molecule has 1 aromatic carbocycles. The van der Waals surface area contributed by atoms with Gasteiger partial charge in [0.2, 0.25) is 0 Å². The molecule has 1 rings (SSSR count). The fourth-order valence-electron chi connectivity index (χ4n) is 1.44.